The van der Waals surface area contributed by atoms with Crippen molar-refractivity contribution < 1.29 is 24.2 Å². The molecule has 1 fully saturated rings. The summed E-state index contributed by atoms with van der Waals surface area (Å²) >= 11 is 0. The molecule has 148 valence electrons. The summed E-state index contributed by atoms with van der Waals surface area (Å²) < 4.78 is 10.5. The van der Waals surface area contributed by atoms with Crippen LogP contribution in [-0.2, 0) is 0 Å². The number of amides is 2. The lowest BCUT2D eigenvalue weighted by molar-refractivity contribution is 0.0774. The first-order valence-corrected chi connectivity index (χ1v) is 9.05. The third-order valence-corrected chi connectivity index (χ3v) is 4.95. The molecule has 0 saturated carbocycles. The number of benzene rings is 2. The van der Waals surface area contributed by atoms with E-state index in [2.05, 4.69) is 5.32 Å². The van der Waals surface area contributed by atoms with E-state index < -0.39 is 0 Å². The number of aliphatic hydroxyl groups is 1. The van der Waals surface area contributed by atoms with Gasteiger partial charge in [-0.25, -0.2) is 0 Å². The molecule has 2 aromatic rings. The van der Waals surface area contributed by atoms with Crippen molar-refractivity contribution >= 4 is 11.8 Å². The Morgan fingerprint density at radius 3 is 2.50 bits per heavy atom. The molecule has 2 atom stereocenters. The Hall–Kier alpha value is -3.06. The van der Waals surface area contributed by atoms with Crippen LogP contribution in [0.25, 0.3) is 0 Å². The van der Waals surface area contributed by atoms with Gasteiger partial charge in [0.2, 0.25) is 0 Å². The summed E-state index contributed by atoms with van der Waals surface area (Å²) in [5.74, 6) is 0.341. The maximum atomic E-state index is 13.0. The van der Waals surface area contributed by atoms with Gasteiger partial charge in [-0.2, -0.15) is 0 Å². The molecule has 2 unspecified atom stereocenters. The molecule has 0 spiro atoms. The molecule has 7 heteroatoms. The summed E-state index contributed by atoms with van der Waals surface area (Å²) in [6.45, 7) is 0.547. The zero-order chi connectivity index (χ0) is 20.1. The first kappa shape index (κ1) is 19.7. The van der Waals surface area contributed by atoms with Gasteiger partial charge >= 0.3 is 0 Å². The molecule has 1 aliphatic rings. The predicted molar refractivity (Wildman–Crippen MR) is 104 cm³/mol. The fourth-order valence-electron chi connectivity index (χ4n) is 3.37. The lowest BCUT2D eigenvalue weighted by Crippen LogP contribution is -2.42. The molecule has 2 amide bonds. The van der Waals surface area contributed by atoms with Crippen molar-refractivity contribution in [3.05, 3.63) is 59.7 Å². The van der Waals surface area contributed by atoms with Gasteiger partial charge in [0, 0.05) is 37.2 Å². The zero-order valence-corrected chi connectivity index (χ0v) is 15.9. The molecule has 28 heavy (non-hydrogen) atoms. The topological polar surface area (TPSA) is 88.1 Å². The maximum Gasteiger partial charge on any atom is 0.257 e. The molecular formula is C21H24N2O5. The Morgan fingerprint density at radius 2 is 1.86 bits per heavy atom. The van der Waals surface area contributed by atoms with Gasteiger partial charge in [0.15, 0.2) is 0 Å². The first-order chi connectivity index (χ1) is 13.6. The second-order valence-corrected chi connectivity index (χ2v) is 6.66. The smallest absolute Gasteiger partial charge is 0.257 e. The van der Waals surface area contributed by atoms with Gasteiger partial charge in [-0.15, -0.1) is 0 Å². The number of carbonyl (C=O) groups is 2. The van der Waals surface area contributed by atoms with Crippen LogP contribution in [0.4, 0.5) is 0 Å². The van der Waals surface area contributed by atoms with E-state index in [0.717, 1.165) is 0 Å². The van der Waals surface area contributed by atoms with Gasteiger partial charge in [0.25, 0.3) is 11.8 Å². The van der Waals surface area contributed by atoms with Crippen molar-refractivity contribution in [3.63, 3.8) is 0 Å². The molecule has 3 rings (SSSR count). The van der Waals surface area contributed by atoms with Crippen molar-refractivity contribution in [3.8, 4) is 11.5 Å². The molecule has 0 radical (unpaired) electrons. The third kappa shape index (κ3) is 4.09. The second kappa shape index (κ2) is 8.75. The van der Waals surface area contributed by atoms with Crippen molar-refractivity contribution in [2.45, 2.75) is 6.04 Å². The number of ether oxygens (including phenoxy) is 2. The van der Waals surface area contributed by atoms with E-state index >= 15 is 0 Å². The highest BCUT2D eigenvalue weighted by Crippen LogP contribution is 2.28. The summed E-state index contributed by atoms with van der Waals surface area (Å²) in [6, 6.07) is 13.6. The van der Waals surface area contributed by atoms with Crippen molar-refractivity contribution in [1.29, 1.82) is 0 Å². The summed E-state index contributed by atoms with van der Waals surface area (Å²) in [7, 11) is 3.04. The first-order valence-electron chi connectivity index (χ1n) is 9.05. The minimum absolute atomic E-state index is 0.122. The van der Waals surface area contributed by atoms with Crippen LogP contribution in [0.2, 0.25) is 0 Å². The van der Waals surface area contributed by atoms with E-state index in [9.17, 15) is 14.7 Å². The summed E-state index contributed by atoms with van der Waals surface area (Å²) in [5.41, 5.74) is 0.954. The van der Waals surface area contributed by atoms with Crippen LogP contribution in [0, 0.1) is 5.92 Å². The number of likely N-dealkylation sites (tertiary alicyclic amines) is 1. The quantitative estimate of drug-likeness (QED) is 0.789. The number of nitrogens with zero attached hydrogens (tertiary/aromatic N) is 1. The van der Waals surface area contributed by atoms with Crippen LogP contribution in [-0.4, -0.2) is 61.8 Å². The Kier molecular flexibility index (Phi) is 6.16. The van der Waals surface area contributed by atoms with E-state index in [0.29, 0.717) is 35.7 Å². The minimum atomic E-state index is -0.328. The summed E-state index contributed by atoms with van der Waals surface area (Å²) in [6.07, 6.45) is 0. The lowest BCUT2D eigenvalue weighted by Gasteiger charge is -2.19. The molecule has 2 aromatic carbocycles. The fraction of sp³-hybridized carbons (Fsp3) is 0.333. The Labute approximate surface area is 163 Å². The number of methoxy groups -OCH3 is 2. The van der Waals surface area contributed by atoms with E-state index in [4.69, 9.17) is 9.47 Å². The number of hydrogen-bond donors (Lipinski definition) is 2. The Bertz CT molecular complexity index is 840. The minimum Gasteiger partial charge on any atom is -0.497 e. The van der Waals surface area contributed by atoms with E-state index in [1.165, 1.54) is 7.11 Å². The molecule has 0 bridgehead atoms. The number of carbonyl (C=O) groups excluding carboxylic acids is 2. The Morgan fingerprint density at radius 1 is 1.11 bits per heavy atom. The van der Waals surface area contributed by atoms with Crippen LogP contribution in [0.5, 0.6) is 11.5 Å². The molecule has 0 aliphatic carbocycles. The van der Waals surface area contributed by atoms with Crippen LogP contribution in [0.1, 0.15) is 20.7 Å². The monoisotopic (exact) mass is 384 g/mol. The van der Waals surface area contributed by atoms with Gasteiger partial charge in [-0.3, -0.25) is 9.59 Å². The van der Waals surface area contributed by atoms with Crippen LogP contribution < -0.4 is 14.8 Å². The standard InChI is InChI=1S/C21H24N2O5/c1-27-16-8-9-17(19(10-16)28-2)21(26)23-11-15(13-24)18(12-23)22-20(25)14-6-4-3-5-7-14/h3-10,15,18,24H,11-13H2,1-2H3,(H,22,25). The predicted octanol–water partition coefficient (Wildman–Crippen LogP) is 1.57. The molecule has 2 N–H and O–H groups in total. The summed E-state index contributed by atoms with van der Waals surface area (Å²) in [5, 5.41) is 12.7. The molecule has 0 aromatic heterocycles. The van der Waals surface area contributed by atoms with Gasteiger partial charge in [0.1, 0.15) is 11.5 Å². The zero-order valence-electron chi connectivity index (χ0n) is 15.9. The molecule has 1 saturated heterocycles. The van der Waals surface area contributed by atoms with E-state index in [-0.39, 0.29) is 30.4 Å². The second-order valence-electron chi connectivity index (χ2n) is 6.66. The van der Waals surface area contributed by atoms with Crippen molar-refractivity contribution in [2.75, 3.05) is 33.9 Å². The van der Waals surface area contributed by atoms with Gasteiger partial charge in [-0.1, -0.05) is 18.2 Å². The van der Waals surface area contributed by atoms with Crippen molar-refractivity contribution in [1.82, 2.24) is 10.2 Å². The molecule has 1 heterocycles. The van der Waals surface area contributed by atoms with Crippen LogP contribution in [0.15, 0.2) is 48.5 Å². The van der Waals surface area contributed by atoms with E-state index in [1.807, 2.05) is 6.07 Å². The number of hydrogen-bond acceptors (Lipinski definition) is 5. The van der Waals surface area contributed by atoms with Gasteiger partial charge < -0.3 is 24.8 Å². The average molecular weight is 384 g/mol. The molecule has 7 nitrogen and oxygen atoms in total. The normalized spacial score (nSPS) is 18.6. The van der Waals surface area contributed by atoms with Crippen LogP contribution in [0.3, 0.4) is 0 Å². The number of nitrogens with one attached hydrogen (secondary N) is 1. The number of aliphatic hydroxyl groups excluding tert-OH is 1. The molecule has 1 aliphatic heterocycles. The third-order valence-electron chi connectivity index (χ3n) is 4.95. The number of rotatable bonds is 6. The Balaban J connectivity index is 1.74. The molecular weight excluding hydrogens is 360 g/mol. The van der Waals surface area contributed by atoms with Gasteiger partial charge in [0.05, 0.1) is 25.8 Å². The van der Waals surface area contributed by atoms with E-state index in [1.54, 1.807) is 54.5 Å². The highest BCUT2D eigenvalue weighted by atomic mass is 16.5. The summed E-state index contributed by atoms with van der Waals surface area (Å²) in [4.78, 5) is 27.1. The van der Waals surface area contributed by atoms with Crippen molar-refractivity contribution in [2.24, 2.45) is 5.92 Å². The maximum absolute atomic E-state index is 13.0. The largest absolute Gasteiger partial charge is 0.497 e. The van der Waals surface area contributed by atoms with Gasteiger partial charge in [-0.05, 0) is 24.3 Å². The SMILES string of the molecule is COc1ccc(C(=O)N2CC(CO)C(NC(=O)c3ccccc3)C2)c(OC)c1. The average Bonchev–Trinajstić information content (AvgIpc) is 3.16. The van der Waals surface area contributed by atoms with Crippen LogP contribution >= 0.6 is 0 Å². The lowest BCUT2D eigenvalue weighted by atomic mass is 10.0. The highest BCUT2D eigenvalue weighted by molar-refractivity contribution is 5.98. The highest BCUT2D eigenvalue weighted by Gasteiger charge is 2.37. The fourth-order valence-corrected chi connectivity index (χ4v) is 3.37.